The van der Waals surface area contributed by atoms with E-state index in [9.17, 15) is 9.90 Å². The van der Waals surface area contributed by atoms with Crippen LogP contribution in [0.2, 0.25) is 0 Å². The summed E-state index contributed by atoms with van der Waals surface area (Å²) in [6.07, 6.45) is 7.83. The minimum absolute atomic E-state index is 0.184. The van der Waals surface area contributed by atoms with Crippen molar-refractivity contribution >= 4 is 5.97 Å². The van der Waals surface area contributed by atoms with Crippen molar-refractivity contribution in [1.82, 2.24) is 0 Å². The van der Waals surface area contributed by atoms with Crippen LogP contribution in [-0.2, 0) is 4.79 Å². The minimum Gasteiger partial charge on any atom is -0.481 e. The number of carboxylic acids is 1. The summed E-state index contributed by atoms with van der Waals surface area (Å²) in [4.78, 5) is 10.9. The van der Waals surface area contributed by atoms with Crippen LogP contribution in [0.5, 0.6) is 0 Å². The first-order valence-corrected chi connectivity index (χ1v) is 9.43. The molecular weight excluding hydrogens is 288 g/mol. The van der Waals surface area contributed by atoms with E-state index >= 15 is 0 Å². The molecule has 0 aromatic heterocycles. The highest BCUT2D eigenvalue weighted by Crippen LogP contribution is 2.63. The van der Waals surface area contributed by atoms with E-state index in [2.05, 4.69) is 20.8 Å². The molecule has 2 rings (SSSR count). The van der Waals surface area contributed by atoms with Gasteiger partial charge in [-0.1, -0.05) is 34.1 Å². The zero-order chi connectivity index (χ0) is 17.5. The third kappa shape index (κ3) is 3.75. The van der Waals surface area contributed by atoms with Crippen LogP contribution in [0.3, 0.4) is 0 Å². The van der Waals surface area contributed by atoms with Gasteiger partial charge in [-0.2, -0.15) is 0 Å². The van der Waals surface area contributed by atoms with Gasteiger partial charge in [-0.3, -0.25) is 4.79 Å². The summed E-state index contributed by atoms with van der Waals surface area (Å²) < 4.78 is 0. The van der Waals surface area contributed by atoms with Gasteiger partial charge in [-0.25, -0.2) is 0 Å². The van der Waals surface area contributed by atoms with Crippen molar-refractivity contribution in [2.24, 2.45) is 28.6 Å². The fraction of sp³-hybridized carbons (Fsp3) is 0.950. The first-order valence-electron chi connectivity index (χ1n) is 9.43. The monoisotopic (exact) mass is 324 g/mol. The summed E-state index contributed by atoms with van der Waals surface area (Å²) >= 11 is 0. The third-order valence-corrected chi connectivity index (χ3v) is 7.23. The molecule has 5 atom stereocenters. The molecule has 23 heavy (non-hydrogen) atoms. The van der Waals surface area contributed by atoms with Crippen molar-refractivity contribution in [2.45, 2.75) is 91.6 Å². The van der Waals surface area contributed by atoms with Gasteiger partial charge in [0.05, 0.1) is 5.60 Å². The molecule has 0 saturated heterocycles. The first kappa shape index (κ1) is 18.8. The Balaban J connectivity index is 2.17. The molecule has 3 unspecified atom stereocenters. The van der Waals surface area contributed by atoms with Gasteiger partial charge in [0, 0.05) is 6.42 Å². The number of carbonyl (C=O) groups is 1. The van der Waals surface area contributed by atoms with Crippen molar-refractivity contribution in [1.29, 1.82) is 0 Å². The molecule has 2 saturated carbocycles. The van der Waals surface area contributed by atoms with Gasteiger partial charge in [-0.05, 0) is 74.0 Å². The second kappa shape index (κ2) is 6.38. The van der Waals surface area contributed by atoms with Crippen molar-refractivity contribution in [3.63, 3.8) is 0 Å². The Bertz CT molecular complexity index is 440. The summed E-state index contributed by atoms with van der Waals surface area (Å²) in [5, 5.41) is 20.1. The van der Waals surface area contributed by atoms with E-state index in [1.807, 2.05) is 13.8 Å². The van der Waals surface area contributed by atoms with E-state index in [0.29, 0.717) is 11.3 Å². The van der Waals surface area contributed by atoms with Gasteiger partial charge in [0.15, 0.2) is 0 Å². The molecule has 0 bridgehead atoms. The summed E-state index contributed by atoms with van der Waals surface area (Å²) in [5.74, 6) is 0.424. The highest BCUT2D eigenvalue weighted by atomic mass is 16.4. The Morgan fingerprint density at radius 3 is 2.43 bits per heavy atom. The minimum atomic E-state index is -0.712. The van der Waals surface area contributed by atoms with Gasteiger partial charge < -0.3 is 10.2 Å². The number of fused-ring (bicyclic) bond motifs is 1. The average molecular weight is 325 g/mol. The number of hydrogen-bond acceptors (Lipinski definition) is 2. The lowest BCUT2D eigenvalue weighted by Crippen LogP contribution is -2.57. The lowest BCUT2D eigenvalue weighted by atomic mass is 9.45. The van der Waals surface area contributed by atoms with E-state index in [0.717, 1.165) is 25.7 Å². The molecule has 0 aromatic carbocycles. The van der Waals surface area contributed by atoms with Crippen molar-refractivity contribution in [3.8, 4) is 0 Å². The molecule has 2 fully saturated rings. The summed E-state index contributed by atoms with van der Waals surface area (Å²) in [6.45, 7) is 11.2. The van der Waals surface area contributed by atoms with Gasteiger partial charge in [0.1, 0.15) is 0 Å². The zero-order valence-corrected chi connectivity index (χ0v) is 15.7. The maximum absolute atomic E-state index is 11.1. The molecule has 3 heteroatoms. The van der Waals surface area contributed by atoms with Crippen molar-refractivity contribution in [3.05, 3.63) is 0 Å². The number of carboxylic acid groups (broad SMARTS) is 1. The van der Waals surface area contributed by atoms with E-state index in [-0.39, 0.29) is 23.7 Å². The van der Waals surface area contributed by atoms with Crippen molar-refractivity contribution in [2.75, 3.05) is 0 Å². The fourth-order valence-electron chi connectivity index (χ4n) is 6.12. The highest BCUT2D eigenvalue weighted by molar-refractivity contribution is 5.66. The second-order valence-electron chi connectivity index (χ2n) is 9.63. The summed E-state index contributed by atoms with van der Waals surface area (Å²) in [5.41, 5.74) is -0.0670. The van der Waals surface area contributed by atoms with E-state index < -0.39 is 11.6 Å². The number of rotatable bonds is 5. The Hall–Kier alpha value is -0.570. The molecule has 0 aromatic rings. The molecule has 0 spiro atoms. The van der Waals surface area contributed by atoms with Crippen LogP contribution in [0.25, 0.3) is 0 Å². The molecule has 0 amide bonds. The van der Waals surface area contributed by atoms with Crippen molar-refractivity contribution < 1.29 is 15.0 Å². The standard InChI is InChI=1S/C20H36O3/c1-14(13-17(21)22)7-8-16-19(4)11-6-10-18(2,3)15(19)9-12-20(16,5)23/h14-16,23H,6-13H2,1-5H3,(H,21,22)/t14-,15?,16?,19?,20+/m0/s1. The molecule has 134 valence electrons. The van der Waals surface area contributed by atoms with Crippen LogP contribution in [0.4, 0.5) is 0 Å². The molecule has 0 aliphatic heterocycles. The van der Waals surface area contributed by atoms with Crippen LogP contribution in [0.15, 0.2) is 0 Å². The Morgan fingerprint density at radius 2 is 1.83 bits per heavy atom. The van der Waals surface area contributed by atoms with Crippen LogP contribution >= 0.6 is 0 Å². The van der Waals surface area contributed by atoms with E-state index in [4.69, 9.17) is 5.11 Å². The fourth-order valence-corrected chi connectivity index (χ4v) is 6.12. The lowest BCUT2D eigenvalue weighted by molar-refractivity contribution is -0.170. The van der Waals surface area contributed by atoms with Crippen LogP contribution in [0, 0.1) is 28.6 Å². The molecule has 2 aliphatic carbocycles. The van der Waals surface area contributed by atoms with Gasteiger partial charge >= 0.3 is 5.97 Å². The predicted molar refractivity (Wildman–Crippen MR) is 93.2 cm³/mol. The SMILES string of the molecule is C[C@@H](CCC1C2(C)CCCC(C)(C)C2CC[C@@]1(C)O)CC(=O)O. The maximum Gasteiger partial charge on any atom is 0.303 e. The van der Waals surface area contributed by atoms with Gasteiger partial charge in [-0.15, -0.1) is 0 Å². The van der Waals surface area contributed by atoms with Gasteiger partial charge in [0.2, 0.25) is 0 Å². The Kier molecular flexibility index (Phi) is 5.21. The molecule has 2 aliphatic rings. The average Bonchev–Trinajstić information content (AvgIpc) is 2.34. The Morgan fingerprint density at radius 1 is 1.17 bits per heavy atom. The lowest BCUT2D eigenvalue weighted by Gasteiger charge is -2.61. The zero-order valence-electron chi connectivity index (χ0n) is 15.7. The number of aliphatic hydroxyl groups is 1. The largest absolute Gasteiger partial charge is 0.481 e. The molecular formula is C20H36O3. The summed E-state index contributed by atoms with van der Waals surface area (Å²) in [6, 6.07) is 0. The molecule has 3 nitrogen and oxygen atoms in total. The highest BCUT2D eigenvalue weighted by Gasteiger charge is 2.57. The van der Waals surface area contributed by atoms with Crippen LogP contribution < -0.4 is 0 Å². The normalized spacial score (nSPS) is 41.1. The number of hydrogen-bond donors (Lipinski definition) is 2. The topological polar surface area (TPSA) is 57.5 Å². The summed E-state index contributed by atoms with van der Waals surface area (Å²) in [7, 11) is 0. The predicted octanol–water partition coefficient (Wildman–Crippen LogP) is 4.87. The Labute approximate surface area is 141 Å². The first-order chi connectivity index (χ1) is 10.5. The molecule has 2 N–H and O–H groups in total. The van der Waals surface area contributed by atoms with Gasteiger partial charge in [0.25, 0.3) is 0 Å². The van der Waals surface area contributed by atoms with E-state index in [1.165, 1.54) is 19.3 Å². The maximum atomic E-state index is 11.1. The van der Waals surface area contributed by atoms with Crippen LogP contribution in [0.1, 0.15) is 86.0 Å². The third-order valence-electron chi connectivity index (χ3n) is 7.23. The molecule has 0 heterocycles. The second-order valence-corrected chi connectivity index (χ2v) is 9.63. The molecule has 0 radical (unpaired) electrons. The quantitative estimate of drug-likeness (QED) is 0.758. The van der Waals surface area contributed by atoms with Crippen LogP contribution in [-0.4, -0.2) is 21.8 Å². The smallest absolute Gasteiger partial charge is 0.303 e. The number of aliphatic carboxylic acids is 1. The van der Waals surface area contributed by atoms with E-state index in [1.54, 1.807) is 0 Å².